The van der Waals surface area contributed by atoms with Gasteiger partial charge in [-0.3, -0.25) is 9.69 Å². The molecule has 1 fully saturated rings. The van der Waals surface area contributed by atoms with Crippen molar-refractivity contribution in [2.45, 2.75) is 31.6 Å². The van der Waals surface area contributed by atoms with E-state index in [1.54, 1.807) is 28.8 Å². The van der Waals surface area contributed by atoms with Crippen molar-refractivity contribution < 1.29 is 4.79 Å². The van der Waals surface area contributed by atoms with Crippen LogP contribution in [0.3, 0.4) is 0 Å². The van der Waals surface area contributed by atoms with Gasteiger partial charge in [0.2, 0.25) is 0 Å². The molecule has 170 valence electrons. The van der Waals surface area contributed by atoms with Crippen LogP contribution in [0.2, 0.25) is 5.02 Å². The first-order valence-electron chi connectivity index (χ1n) is 10.8. The van der Waals surface area contributed by atoms with Crippen molar-refractivity contribution >= 4 is 63.3 Å². The van der Waals surface area contributed by atoms with Crippen LogP contribution < -0.4 is 10.2 Å². The molecule has 0 spiro atoms. The minimum atomic E-state index is -0.0399. The molecule has 0 aromatic heterocycles. The first-order chi connectivity index (χ1) is 16.0. The van der Waals surface area contributed by atoms with Gasteiger partial charge in [0, 0.05) is 30.1 Å². The van der Waals surface area contributed by atoms with Crippen LogP contribution in [0, 0.1) is 11.3 Å². The van der Waals surface area contributed by atoms with E-state index in [1.807, 2.05) is 43.1 Å². The van der Waals surface area contributed by atoms with E-state index in [0.29, 0.717) is 32.9 Å². The number of nitrogens with one attached hydrogen (secondary N) is 1. The fraction of sp³-hybridized carbons (Fsp3) is 0.292. The van der Waals surface area contributed by atoms with E-state index in [0.717, 1.165) is 40.7 Å². The van der Waals surface area contributed by atoms with Gasteiger partial charge in [-0.05, 0) is 61.5 Å². The van der Waals surface area contributed by atoms with Crippen molar-refractivity contribution in [3.63, 3.8) is 0 Å². The van der Waals surface area contributed by atoms with E-state index < -0.39 is 0 Å². The number of hydrogen-bond acceptors (Lipinski definition) is 7. The molecule has 0 unspecified atom stereocenters. The van der Waals surface area contributed by atoms with Gasteiger partial charge in [-0.1, -0.05) is 36.7 Å². The molecule has 6 nitrogen and oxygen atoms in total. The Kier molecular flexibility index (Phi) is 7.23. The van der Waals surface area contributed by atoms with Gasteiger partial charge >= 0.3 is 0 Å². The molecule has 0 radical (unpaired) electrons. The smallest absolute Gasteiger partial charge is 0.269 e. The zero-order valence-electron chi connectivity index (χ0n) is 18.7. The van der Waals surface area contributed by atoms with E-state index in [-0.39, 0.29) is 5.91 Å². The lowest BCUT2D eigenvalue weighted by Gasteiger charge is -2.16. The number of nitrogens with zero attached hydrogens (tertiary/aromatic N) is 4. The second-order valence-electron chi connectivity index (χ2n) is 7.59. The maximum absolute atomic E-state index is 13.5. The Morgan fingerprint density at radius 1 is 1.18 bits per heavy atom. The van der Waals surface area contributed by atoms with Crippen LogP contribution in [-0.2, 0) is 4.79 Å². The van der Waals surface area contributed by atoms with Crippen LogP contribution >= 0.6 is 35.1 Å². The van der Waals surface area contributed by atoms with Crippen LogP contribution in [0.4, 0.5) is 17.1 Å². The second-order valence-corrected chi connectivity index (χ2v) is 10.0. The first-order valence-corrected chi connectivity index (χ1v) is 12.8. The summed E-state index contributed by atoms with van der Waals surface area (Å²) in [6.07, 6.45) is 1.85. The van der Waals surface area contributed by atoms with Gasteiger partial charge in [-0.15, -0.1) is 0 Å². The SMILES string of the molecule is CCCCN1C(=O)/C(=C2/Sc3ccc(Cl)cc3N2C)SC1=Nc1cc(C#N)ccc1NCC. The Bertz CT molecular complexity index is 1200. The highest BCUT2D eigenvalue weighted by Crippen LogP contribution is 2.50. The van der Waals surface area contributed by atoms with Crippen molar-refractivity contribution in [1.29, 1.82) is 5.26 Å². The number of nitriles is 1. The van der Waals surface area contributed by atoms with Crippen LogP contribution in [0.5, 0.6) is 0 Å². The van der Waals surface area contributed by atoms with Gasteiger partial charge in [-0.2, -0.15) is 5.26 Å². The summed E-state index contributed by atoms with van der Waals surface area (Å²) in [5.41, 5.74) is 3.01. The molecule has 2 aliphatic heterocycles. The third-order valence-corrected chi connectivity index (χ3v) is 7.96. The number of carbonyl (C=O) groups is 1. The monoisotopic (exact) mass is 497 g/mol. The molecule has 0 bridgehead atoms. The Hall–Kier alpha value is -2.60. The summed E-state index contributed by atoms with van der Waals surface area (Å²) in [5, 5.41) is 14.8. The molecule has 1 saturated heterocycles. The molecule has 0 atom stereocenters. The van der Waals surface area contributed by atoms with Crippen molar-refractivity contribution in [1.82, 2.24) is 4.90 Å². The van der Waals surface area contributed by atoms with E-state index in [1.165, 1.54) is 11.8 Å². The maximum Gasteiger partial charge on any atom is 0.269 e. The van der Waals surface area contributed by atoms with Crippen LogP contribution in [0.1, 0.15) is 32.3 Å². The number of aliphatic imine (C=N–C) groups is 1. The lowest BCUT2D eigenvalue weighted by Crippen LogP contribution is -2.30. The fourth-order valence-corrected chi connectivity index (χ4v) is 6.10. The van der Waals surface area contributed by atoms with Gasteiger partial charge in [0.1, 0.15) is 4.91 Å². The quantitative estimate of drug-likeness (QED) is 0.464. The van der Waals surface area contributed by atoms with Crippen LogP contribution in [-0.4, -0.2) is 36.1 Å². The molecule has 1 N–H and O–H groups in total. The van der Waals surface area contributed by atoms with E-state index in [9.17, 15) is 10.1 Å². The number of benzene rings is 2. The number of halogens is 1. The number of unbranched alkanes of at least 4 members (excludes halogenated alkanes) is 1. The summed E-state index contributed by atoms with van der Waals surface area (Å²) < 4.78 is 0. The summed E-state index contributed by atoms with van der Waals surface area (Å²) in [7, 11) is 1.95. The number of fused-ring (bicyclic) bond motifs is 1. The summed E-state index contributed by atoms with van der Waals surface area (Å²) in [6.45, 7) is 5.44. The Labute approximate surface area is 207 Å². The average Bonchev–Trinajstić information content (AvgIpc) is 3.29. The summed E-state index contributed by atoms with van der Waals surface area (Å²) in [4.78, 5) is 23.9. The van der Waals surface area contributed by atoms with Crippen molar-refractivity contribution in [3.05, 3.63) is 56.9 Å². The second kappa shape index (κ2) is 10.1. The van der Waals surface area contributed by atoms with Crippen LogP contribution in [0.15, 0.2) is 56.2 Å². The fourth-order valence-electron chi connectivity index (χ4n) is 3.59. The van der Waals surface area contributed by atoms with Gasteiger partial charge < -0.3 is 10.2 Å². The first kappa shape index (κ1) is 23.6. The summed E-state index contributed by atoms with van der Waals surface area (Å²) in [5.74, 6) is -0.0399. The minimum Gasteiger partial charge on any atom is -0.384 e. The highest BCUT2D eigenvalue weighted by molar-refractivity contribution is 8.19. The number of amides is 1. The normalized spacial score (nSPS) is 18.8. The van der Waals surface area contributed by atoms with E-state index in [4.69, 9.17) is 16.6 Å². The minimum absolute atomic E-state index is 0.0399. The largest absolute Gasteiger partial charge is 0.384 e. The number of amidine groups is 1. The van der Waals surface area contributed by atoms with Gasteiger partial charge in [0.15, 0.2) is 5.17 Å². The predicted octanol–water partition coefficient (Wildman–Crippen LogP) is 6.42. The van der Waals surface area contributed by atoms with Crippen LogP contribution in [0.25, 0.3) is 0 Å². The molecule has 1 amide bonds. The number of thioether (sulfide) groups is 2. The molecule has 2 aromatic rings. The van der Waals surface area contributed by atoms with Gasteiger partial charge in [0.05, 0.1) is 33.7 Å². The third kappa shape index (κ3) is 4.72. The number of carbonyl (C=O) groups excluding carboxylic acids is 1. The Morgan fingerprint density at radius 2 is 2.00 bits per heavy atom. The zero-order chi connectivity index (χ0) is 23.5. The molecule has 9 heteroatoms. The van der Waals surface area contributed by atoms with Crippen molar-refractivity contribution in [3.8, 4) is 6.07 Å². The number of hydrogen-bond donors (Lipinski definition) is 1. The van der Waals surface area contributed by atoms with Gasteiger partial charge in [0.25, 0.3) is 5.91 Å². The van der Waals surface area contributed by atoms with Crippen molar-refractivity contribution in [2.75, 3.05) is 30.4 Å². The maximum atomic E-state index is 13.5. The molecule has 4 rings (SSSR count). The molecule has 2 aromatic carbocycles. The summed E-state index contributed by atoms with van der Waals surface area (Å²) >= 11 is 9.17. The molecule has 0 saturated carbocycles. The number of anilines is 2. The predicted molar refractivity (Wildman–Crippen MR) is 139 cm³/mol. The Morgan fingerprint density at radius 3 is 2.73 bits per heavy atom. The topological polar surface area (TPSA) is 71.7 Å². The lowest BCUT2D eigenvalue weighted by atomic mass is 10.2. The summed E-state index contributed by atoms with van der Waals surface area (Å²) in [6, 6.07) is 13.3. The van der Waals surface area contributed by atoms with E-state index >= 15 is 0 Å². The zero-order valence-corrected chi connectivity index (χ0v) is 21.1. The molecule has 2 heterocycles. The number of rotatable bonds is 6. The molecular weight excluding hydrogens is 474 g/mol. The molecular formula is C24H24ClN5OS2. The molecule has 0 aliphatic carbocycles. The molecule has 2 aliphatic rings. The van der Waals surface area contributed by atoms with Crippen molar-refractivity contribution in [2.24, 2.45) is 4.99 Å². The lowest BCUT2D eigenvalue weighted by molar-refractivity contribution is -0.122. The molecule has 33 heavy (non-hydrogen) atoms. The highest BCUT2D eigenvalue weighted by atomic mass is 35.5. The Balaban J connectivity index is 1.76. The third-order valence-electron chi connectivity index (χ3n) is 5.30. The highest BCUT2D eigenvalue weighted by Gasteiger charge is 2.39. The standard InChI is InChI=1S/C24H24ClN5OS2/c1-4-6-11-30-22(31)21(23-29(3)19-13-16(25)8-10-20(19)32-23)33-24(30)28-18-12-15(14-26)7-9-17(18)27-5-2/h7-10,12-13,27H,4-6,11H2,1-3H3/b23-21-,28-24?. The van der Waals surface area contributed by atoms with Gasteiger partial charge in [-0.25, -0.2) is 4.99 Å². The van der Waals surface area contributed by atoms with E-state index in [2.05, 4.69) is 18.3 Å². The average molecular weight is 498 g/mol.